The van der Waals surface area contributed by atoms with E-state index in [2.05, 4.69) is 32.9 Å². The molecule has 69 heavy (non-hydrogen) atoms. The third-order valence-corrected chi connectivity index (χ3v) is 14.3. The van der Waals surface area contributed by atoms with Crippen molar-refractivity contribution in [2.75, 3.05) is 13.2 Å². The quantitative estimate of drug-likeness (QED) is 0.0261. The Morgan fingerprint density at radius 3 is 0.725 bits per heavy atom. The Morgan fingerprint density at radius 2 is 0.478 bits per heavy atom. The topological polar surface area (TPSA) is 78.9 Å². The fourth-order valence-corrected chi connectivity index (χ4v) is 9.56. The lowest BCUT2D eigenvalue weighted by molar-refractivity contribution is -0.167. The van der Waals surface area contributed by atoms with Crippen molar-refractivity contribution in [1.29, 1.82) is 0 Å². The summed E-state index contributed by atoms with van der Waals surface area (Å²) < 4.78 is 16.9. The molecule has 0 bridgehead atoms. The average Bonchev–Trinajstić information content (AvgIpc) is 3.35. The highest BCUT2D eigenvalue weighted by Gasteiger charge is 2.19. The first-order chi connectivity index (χ1) is 34.0. The van der Waals surface area contributed by atoms with E-state index in [0.29, 0.717) is 19.3 Å². The molecule has 0 aromatic carbocycles. The minimum atomic E-state index is -0.766. The van der Waals surface area contributed by atoms with Gasteiger partial charge in [-0.3, -0.25) is 14.4 Å². The molecule has 0 spiro atoms. The summed E-state index contributed by atoms with van der Waals surface area (Å²) in [5, 5.41) is 0. The molecular formula is C63H120O6. The lowest BCUT2D eigenvalue weighted by Crippen LogP contribution is -2.30. The molecule has 0 rings (SSSR count). The minimum Gasteiger partial charge on any atom is -0.462 e. The zero-order valence-electron chi connectivity index (χ0n) is 46.9. The second-order valence-corrected chi connectivity index (χ2v) is 21.3. The van der Waals surface area contributed by atoms with Crippen LogP contribution in [0.4, 0.5) is 0 Å². The van der Waals surface area contributed by atoms with Crippen molar-refractivity contribution in [1.82, 2.24) is 0 Å². The van der Waals surface area contributed by atoms with Gasteiger partial charge in [-0.1, -0.05) is 303 Å². The van der Waals surface area contributed by atoms with E-state index in [9.17, 15) is 14.4 Å². The molecule has 6 nitrogen and oxygen atoms in total. The van der Waals surface area contributed by atoms with E-state index in [1.807, 2.05) is 0 Å². The summed E-state index contributed by atoms with van der Waals surface area (Å²) in [6, 6.07) is 0. The van der Waals surface area contributed by atoms with Gasteiger partial charge >= 0.3 is 17.9 Å². The third kappa shape index (κ3) is 56.9. The molecule has 0 N–H and O–H groups in total. The second kappa shape index (κ2) is 58.7. The predicted octanol–water partition coefficient (Wildman–Crippen LogP) is 20.9. The highest BCUT2D eigenvalue weighted by Crippen LogP contribution is 2.18. The summed E-state index contributed by atoms with van der Waals surface area (Å²) in [6.45, 7) is 6.70. The number of hydrogen-bond acceptors (Lipinski definition) is 6. The van der Waals surface area contributed by atoms with E-state index in [4.69, 9.17) is 14.2 Å². The number of hydrogen-bond donors (Lipinski definition) is 0. The number of esters is 3. The first-order valence-electron chi connectivity index (χ1n) is 31.2. The van der Waals surface area contributed by atoms with Crippen molar-refractivity contribution >= 4 is 17.9 Å². The smallest absolute Gasteiger partial charge is 0.306 e. The fourth-order valence-electron chi connectivity index (χ4n) is 9.56. The maximum Gasteiger partial charge on any atom is 0.306 e. The van der Waals surface area contributed by atoms with Crippen molar-refractivity contribution in [3.63, 3.8) is 0 Å². The van der Waals surface area contributed by atoms with Crippen LogP contribution in [0.15, 0.2) is 12.2 Å². The van der Waals surface area contributed by atoms with Gasteiger partial charge in [-0.15, -0.1) is 0 Å². The molecule has 0 heterocycles. The van der Waals surface area contributed by atoms with Crippen LogP contribution in [0.2, 0.25) is 0 Å². The van der Waals surface area contributed by atoms with Gasteiger partial charge in [-0.2, -0.15) is 0 Å². The molecule has 6 heteroatoms. The molecule has 0 aliphatic heterocycles. The van der Waals surface area contributed by atoms with Crippen LogP contribution >= 0.6 is 0 Å². The lowest BCUT2D eigenvalue weighted by Gasteiger charge is -2.18. The molecule has 0 saturated heterocycles. The predicted molar refractivity (Wildman–Crippen MR) is 298 cm³/mol. The third-order valence-electron chi connectivity index (χ3n) is 14.3. The Hall–Kier alpha value is -1.85. The van der Waals surface area contributed by atoms with Crippen molar-refractivity contribution < 1.29 is 28.6 Å². The molecule has 0 aromatic rings. The van der Waals surface area contributed by atoms with Gasteiger partial charge in [-0.05, 0) is 44.9 Å². The largest absolute Gasteiger partial charge is 0.462 e. The molecule has 0 aliphatic carbocycles. The second-order valence-electron chi connectivity index (χ2n) is 21.3. The van der Waals surface area contributed by atoms with Gasteiger partial charge in [-0.25, -0.2) is 0 Å². The Kier molecular flexibility index (Phi) is 57.1. The summed E-state index contributed by atoms with van der Waals surface area (Å²) in [6.07, 6.45) is 67.8. The van der Waals surface area contributed by atoms with Crippen molar-refractivity contribution in [2.45, 2.75) is 361 Å². The van der Waals surface area contributed by atoms with E-state index < -0.39 is 6.10 Å². The molecule has 0 amide bonds. The monoisotopic (exact) mass is 973 g/mol. The summed E-state index contributed by atoms with van der Waals surface area (Å²) in [7, 11) is 0. The van der Waals surface area contributed by atoms with Gasteiger partial charge in [0.2, 0.25) is 0 Å². The van der Waals surface area contributed by atoms with Gasteiger partial charge in [0.15, 0.2) is 6.10 Å². The molecule has 0 radical (unpaired) electrons. The van der Waals surface area contributed by atoms with Crippen LogP contribution in [0.3, 0.4) is 0 Å². The highest BCUT2D eigenvalue weighted by atomic mass is 16.6. The Morgan fingerprint density at radius 1 is 0.275 bits per heavy atom. The van der Waals surface area contributed by atoms with E-state index >= 15 is 0 Å². The van der Waals surface area contributed by atoms with Crippen LogP contribution in [-0.2, 0) is 28.6 Å². The van der Waals surface area contributed by atoms with E-state index in [1.54, 1.807) is 0 Å². The molecule has 0 fully saturated rings. The van der Waals surface area contributed by atoms with Gasteiger partial charge < -0.3 is 14.2 Å². The van der Waals surface area contributed by atoms with Crippen molar-refractivity contribution in [2.24, 2.45) is 0 Å². The number of rotatable bonds is 58. The number of carbonyl (C=O) groups is 3. The van der Waals surface area contributed by atoms with E-state index in [-0.39, 0.29) is 31.1 Å². The number of allylic oxidation sites excluding steroid dienone is 2. The number of carbonyl (C=O) groups excluding carboxylic acids is 3. The molecule has 0 aromatic heterocycles. The summed E-state index contributed by atoms with van der Waals surface area (Å²) >= 11 is 0. The van der Waals surface area contributed by atoms with Crippen LogP contribution < -0.4 is 0 Å². The molecular weight excluding hydrogens is 853 g/mol. The molecule has 1 atom stereocenters. The average molecular weight is 974 g/mol. The maximum atomic E-state index is 12.9. The Bertz CT molecular complexity index is 1070. The van der Waals surface area contributed by atoms with Gasteiger partial charge in [0.1, 0.15) is 13.2 Å². The highest BCUT2D eigenvalue weighted by molar-refractivity contribution is 5.71. The van der Waals surface area contributed by atoms with Crippen LogP contribution in [0, 0.1) is 0 Å². The van der Waals surface area contributed by atoms with Crippen LogP contribution in [0.5, 0.6) is 0 Å². The van der Waals surface area contributed by atoms with Gasteiger partial charge in [0.25, 0.3) is 0 Å². The SMILES string of the molecule is CCCCCCCC/C=C\CCCCCCCCCCCC(=O)OC(COC(=O)CCCCCCCCCCCCCCC)COC(=O)CCCCCCCCCCCCCCCCCCCCC. The molecule has 1 unspecified atom stereocenters. The summed E-state index contributed by atoms with van der Waals surface area (Å²) in [5.41, 5.74) is 0. The van der Waals surface area contributed by atoms with Gasteiger partial charge in [0.05, 0.1) is 0 Å². The van der Waals surface area contributed by atoms with E-state index in [1.165, 1.54) is 257 Å². The Labute approximate surface area is 431 Å². The summed E-state index contributed by atoms with van der Waals surface area (Å²) in [5.74, 6) is -0.837. The molecule has 0 aliphatic rings. The Balaban J connectivity index is 4.28. The normalized spacial score (nSPS) is 12.0. The van der Waals surface area contributed by atoms with Crippen molar-refractivity contribution in [3.8, 4) is 0 Å². The number of unbranched alkanes of at least 4 members (excludes halogenated alkanes) is 45. The molecule has 0 saturated carbocycles. The first kappa shape index (κ1) is 67.1. The van der Waals surface area contributed by atoms with Crippen molar-refractivity contribution in [3.05, 3.63) is 12.2 Å². The molecule has 408 valence electrons. The number of ether oxygens (including phenoxy) is 3. The van der Waals surface area contributed by atoms with Crippen LogP contribution in [-0.4, -0.2) is 37.2 Å². The standard InChI is InChI=1S/C63H120O6/c1-4-7-10-13-16-19-22-25-27-29-31-33-35-38-41-44-47-50-53-56-62(65)68-59-60(58-67-61(64)55-52-49-46-43-40-37-24-21-18-15-12-9-6-3)69-63(66)57-54-51-48-45-42-39-36-34-32-30-28-26-23-20-17-14-11-8-5-2/h26,28,60H,4-25,27,29-59H2,1-3H3/b28-26-. The first-order valence-corrected chi connectivity index (χ1v) is 31.2. The zero-order chi connectivity index (χ0) is 50.0. The maximum absolute atomic E-state index is 12.9. The van der Waals surface area contributed by atoms with E-state index in [0.717, 1.165) is 57.8 Å². The van der Waals surface area contributed by atoms with Gasteiger partial charge in [0, 0.05) is 19.3 Å². The van der Waals surface area contributed by atoms with Crippen LogP contribution in [0.1, 0.15) is 355 Å². The lowest BCUT2D eigenvalue weighted by atomic mass is 10.0. The zero-order valence-corrected chi connectivity index (χ0v) is 46.9. The van der Waals surface area contributed by atoms with Crippen LogP contribution in [0.25, 0.3) is 0 Å². The summed E-state index contributed by atoms with van der Waals surface area (Å²) in [4.78, 5) is 38.2. The minimum absolute atomic E-state index is 0.0643. The fraction of sp³-hybridized carbons (Fsp3) is 0.921.